The van der Waals surface area contributed by atoms with E-state index in [1.807, 2.05) is 42.5 Å². The summed E-state index contributed by atoms with van der Waals surface area (Å²) in [6, 6.07) is 17.9. The molecule has 3 unspecified atom stereocenters. The van der Waals surface area contributed by atoms with Crippen LogP contribution in [-0.2, 0) is 4.79 Å². The third-order valence-corrected chi connectivity index (χ3v) is 6.90. The molecular weight excluding hydrogens is 382 g/mol. The van der Waals surface area contributed by atoms with E-state index in [2.05, 4.69) is 34.6 Å². The Morgan fingerprint density at radius 3 is 2.32 bits per heavy atom. The van der Waals surface area contributed by atoms with Gasteiger partial charge in [0.25, 0.3) is 0 Å². The highest BCUT2D eigenvalue weighted by Crippen LogP contribution is 2.38. The lowest BCUT2D eigenvalue weighted by atomic mass is 9.87. The Kier molecular flexibility index (Phi) is 5.99. The highest BCUT2D eigenvalue weighted by Gasteiger charge is 2.43. The average molecular weight is 414 g/mol. The van der Waals surface area contributed by atoms with Crippen molar-refractivity contribution in [3.63, 3.8) is 0 Å². The molecule has 1 aromatic heterocycles. The zero-order valence-corrected chi connectivity index (χ0v) is 18.0. The van der Waals surface area contributed by atoms with Gasteiger partial charge in [-0.1, -0.05) is 86.7 Å². The number of nitrogens with zero attached hydrogens (tertiary/aromatic N) is 1. The maximum atomic E-state index is 13.6. The van der Waals surface area contributed by atoms with Gasteiger partial charge in [-0.15, -0.1) is 0 Å². The van der Waals surface area contributed by atoms with Crippen LogP contribution in [0.2, 0.25) is 0 Å². The number of imidazole rings is 1. The first kappa shape index (κ1) is 20.2. The predicted molar refractivity (Wildman–Crippen MR) is 125 cm³/mol. The van der Waals surface area contributed by atoms with Crippen LogP contribution in [0.25, 0.3) is 11.0 Å². The number of Topliss-reactive ketones (excluding diaryl/α,β-unsaturated/α-hetero) is 1. The molecule has 0 radical (unpaired) electrons. The number of nitrogens with one attached hydrogen (secondary N) is 2. The van der Waals surface area contributed by atoms with Crippen molar-refractivity contribution in [1.82, 2.24) is 15.3 Å². The molecule has 3 atom stereocenters. The molecule has 0 amide bonds. The number of rotatable bonds is 4. The van der Waals surface area contributed by atoms with E-state index in [4.69, 9.17) is 4.98 Å². The fourth-order valence-electron chi connectivity index (χ4n) is 5.17. The van der Waals surface area contributed by atoms with Gasteiger partial charge in [-0.3, -0.25) is 10.1 Å². The van der Waals surface area contributed by atoms with Crippen LogP contribution in [0.1, 0.15) is 68.4 Å². The van der Waals surface area contributed by atoms with Crippen molar-refractivity contribution in [3.8, 4) is 0 Å². The van der Waals surface area contributed by atoms with E-state index < -0.39 is 6.04 Å². The molecule has 2 N–H and O–H groups in total. The molecule has 2 fully saturated rings. The first-order chi connectivity index (χ1) is 15.3. The van der Waals surface area contributed by atoms with Crippen LogP contribution in [0, 0.1) is 11.8 Å². The van der Waals surface area contributed by atoms with Crippen LogP contribution < -0.4 is 5.32 Å². The van der Waals surface area contributed by atoms with Crippen LogP contribution in [-0.4, -0.2) is 15.8 Å². The highest BCUT2D eigenvalue weighted by atomic mass is 16.1. The van der Waals surface area contributed by atoms with E-state index in [1.165, 1.54) is 44.9 Å². The van der Waals surface area contributed by atoms with E-state index in [-0.39, 0.29) is 17.7 Å². The van der Waals surface area contributed by atoms with Crippen molar-refractivity contribution in [2.75, 3.05) is 0 Å². The summed E-state index contributed by atoms with van der Waals surface area (Å²) in [7, 11) is 0. The van der Waals surface area contributed by atoms with Gasteiger partial charge in [0.05, 0.1) is 17.0 Å². The molecule has 2 aliphatic rings. The normalized spacial score (nSPS) is 25.8. The molecule has 1 aliphatic carbocycles. The number of ketones is 1. The molecule has 160 valence electrons. The quantitative estimate of drug-likeness (QED) is 0.512. The van der Waals surface area contributed by atoms with Gasteiger partial charge in [-0.05, 0) is 36.5 Å². The van der Waals surface area contributed by atoms with Crippen molar-refractivity contribution in [1.29, 1.82) is 0 Å². The molecule has 5 rings (SSSR count). The van der Waals surface area contributed by atoms with Gasteiger partial charge in [-0.25, -0.2) is 4.98 Å². The maximum Gasteiger partial charge on any atom is 0.166 e. The number of H-pyrrole nitrogens is 1. The average Bonchev–Trinajstić information content (AvgIpc) is 3.34. The third kappa shape index (κ3) is 4.35. The largest absolute Gasteiger partial charge is 0.340 e. The molecule has 2 heterocycles. The summed E-state index contributed by atoms with van der Waals surface area (Å²) in [6.07, 6.45) is 13.7. The topological polar surface area (TPSA) is 57.8 Å². The number of hydrogen-bond donors (Lipinski definition) is 2. The lowest BCUT2D eigenvalue weighted by Crippen LogP contribution is -2.21. The lowest BCUT2D eigenvalue weighted by Gasteiger charge is -2.19. The van der Waals surface area contributed by atoms with Crippen molar-refractivity contribution >= 4 is 16.8 Å². The third-order valence-electron chi connectivity index (χ3n) is 6.90. The molecule has 0 bridgehead atoms. The lowest BCUT2D eigenvalue weighted by molar-refractivity contribution is -0.121. The predicted octanol–water partition coefficient (Wildman–Crippen LogP) is 6.05. The monoisotopic (exact) mass is 413 g/mol. The summed E-state index contributed by atoms with van der Waals surface area (Å²) in [6.45, 7) is 0. The second-order valence-corrected chi connectivity index (χ2v) is 9.05. The molecule has 0 spiro atoms. The SMILES string of the molecule is O=C1C(c2nc3ccccc3[nH]2)NC(c2ccccc2)C1/C=C/C1CCCCCCC1. The summed E-state index contributed by atoms with van der Waals surface area (Å²) in [4.78, 5) is 21.7. The van der Waals surface area contributed by atoms with Crippen LogP contribution in [0.5, 0.6) is 0 Å². The minimum atomic E-state index is -0.412. The van der Waals surface area contributed by atoms with E-state index >= 15 is 0 Å². The molecule has 4 nitrogen and oxygen atoms in total. The number of allylic oxidation sites excluding steroid dienone is 1. The number of hydrogen-bond acceptors (Lipinski definition) is 3. The van der Waals surface area contributed by atoms with Gasteiger partial charge in [0, 0.05) is 6.04 Å². The molecule has 31 heavy (non-hydrogen) atoms. The van der Waals surface area contributed by atoms with Gasteiger partial charge < -0.3 is 4.98 Å². The molecule has 2 aromatic carbocycles. The zero-order chi connectivity index (χ0) is 21.0. The van der Waals surface area contributed by atoms with Gasteiger partial charge in [-0.2, -0.15) is 0 Å². The molecule has 3 aromatic rings. The Labute approximate surface area is 184 Å². The second-order valence-electron chi connectivity index (χ2n) is 9.05. The Hall–Kier alpha value is -2.72. The maximum absolute atomic E-state index is 13.6. The Morgan fingerprint density at radius 2 is 1.55 bits per heavy atom. The fraction of sp³-hybridized carbons (Fsp3) is 0.407. The smallest absolute Gasteiger partial charge is 0.166 e. The van der Waals surface area contributed by atoms with Crippen molar-refractivity contribution in [3.05, 3.63) is 78.1 Å². The van der Waals surface area contributed by atoms with Crippen LogP contribution >= 0.6 is 0 Å². The molecule has 1 saturated carbocycles. The van der Waals surface area contributed by atoms with Gasteiger partial charge in [0.1, 0.15) is 11.9 Å². The van der Waals surface area contributed by atoms with E-state index in [0.29, 0.717) is 11.7 Å². The van der Waals surface area contributed by atoms with E-state index in [0.717, 1.165) is 16.6 Å². The Bertz CT molecular complexity index is 1010. The number of carbonyl (C=O) groups is 1. The van der Waals surface area contributed by atoms with Crippen LogP contribution in [0.15, 0.2) is 66.7 Å². The van der Waals surface area contributed by atoms with Crippen LogP contribution in [0.3, 0.4) is 0 Å². The summed E-state index contributed by atoms with van der Waals surface area (Å²) < 4.78 is 0. The summed E-state index contributed by atoms with van der Waals surface area (Å²) >= 11 is 0. The zero-order valence-electron chi connectivity index (χ0n) is 18.0. The number of aromatic nitrogens is 2. The molecule has 1 saturated heterocycles. The van der Waals surface area contributed by atoms with Crippen molar-refractivity contribution in [2.45, 2.75) is 57.0 Å². The minimum Gasteiger partial charge on any atom is -0.340 e. The first-order valence-electron chi connectivity index (χ1n) is 11.8. The van der Waals surface area contributed by atoms with Crippen molar-refractivity contribution in [2.24, 2.45) is 11.8 Å². The van der Waals surface area contributed by atoms with Gasteiger partial charge >= 0.3 is 0 Å². The second kappa shape index (κ2) is 9.19. The van der Waals surface area contributed by atoms with E-state index in [1.54, 1.807) is 0 Å². The Balaban J connectivity index is 1.43. The number of fused-ring (bicyclic) bond motifs is 1. The van der Waals surface area contributed by atoms with Gasteiger partial charge in [0.15, 0.2) is 5.78 Å². The fourth-order valence-corrected chi connectivity index (χ4v) is 5.17. The number of benzene rings is 2. The molecular formula is C27H31N3O. The van der Waals surface area contributed by atoms with Crippen LogP contribution in [0.4, 0.5) is 0 Å². The van der Waals surface area contributed by atoms with Crippen molar-refractivity contribution < 1.29 is 4.79 Å². The number of aromatic amines is 1. The number of carbonyl (C=O) groups excluding carboxylic acids is 1. The number of para-hydroxylation sites is 2. The Morgan fingerprint density at radius 1 is 0.839 bits per heavy atom. The molecule has 4 heteroatoms. The minimum absolute atomic E-state index is 0.0308. The summed E-state index contributed by atoms with van der Waals surface area (Å²) in [5.41, 5.74) is 3.02. The van der Waals surface area contributed by atoms with E-state index in [9.17, 15) is 4.79 Å². The first-order valence-corrected chi connectivity index (χ1v) is 11.8. The molecule has 1 aliphatic heterocycles. The summed E-state index contributed by atoms with van der Waals surface area (Å²) in [5.74, 6) is 1.34. The highest BCUT2D eigenvalue weighted by molar-refractivity contribution is 5.92. The standard InChI is InChI=1S/C27H31N3O/c31-26-21(18-17-19-11-5-2-1-3-6-12-19)24(20-13-7-4-8-14-20)30-25(26)27-28-22-15-9-10-16-23(22)29-27/h4,7-10,13-19,21,24-25,30H,1-3,5-6,11-12H2,(H,28,29)/b18-17+. The van der Waals surface area contributed by atoms with Gasteiger partial charge in [0.2, 0.25) is 0 Å². The summed E-state index contributed by atoms with van der Waals surface area (Å²) in [5, 5.41) is 3.60.